The van der Waals surface area contributed by atoms with Crippen molar-refractivity contribution in [3.05, 3.63) is 16.1 Å². The van der Waals surface area contributed by atoms with E-state index in [4.69, 9.17) is 0 Å². The Bertz CT molecular complexity index is 311. The maximum atomic E-state index is 4.61. The van der Waals surface area contributed by atoms with E-state index in [0.29, 0.717) is 5.92 Å². The first-order valence-corrected chi connectivity index (χ1v) is 5.68. The fourth-order valence-electron chi connectivity index (χ4n) is 2.07. The van der Waals surface area contributed by atoms with Gasteiger partial charge in [-0.05, 0) is 35.7 Å². The standard InChI is InChI=1S/C10H15BrN2/c1-7-12-9(10(11)13(7)2)8-5-3-4-6-8/h8H,3-6H2,1-2H3. The van der Waals surface area contributed by atoms with E-state index >= 15 is 0 Å². The summed E-state index contributed by atoms with van der Waals surface area (Å²) in [6.07, 6.45) is 5.36. The molecule has 3 heteroatoms. The van der Waals surface area contributed by atoms with Crippen LogP contribution in [0.15, 0.2) is 4.60 Å². The molecule has 0 amide bonds. The van der Waals surface area contributed by atoms with Gasteiger partial charge in [-0.1, -0.05) is 12.8 Å². The molecule has 1 aromatic heterocycles. The molecule has 1 aliphatic rings. The van der Waals surface area contributed by atoms with Crippen LogP contribution in [0, 0.1) is 6.92 Å². The summed E-state index contributed by atoms with van der Waals surface area (Å²) in [6.45, 7) is 2.06. The third-order valence-corrected chi connectivity index (χ3v) is 3.95. The molecule has 0 unspecified atom stereocenters. The molecule has 0 N–H and O–H groups in total. The molecule has 0 aliphatic heterocycles. The molecule has 0 aromatic carbocycles. The summed E-state index contributed by atoms with van der Waals surface area (Å²) in [7, 11) is 2.06. The van der Waals surface area contributed by atoms with Crippen LogP contribution in [-0.4, -0.2) is 9.55 Å². The molecule has 72 valence electrons. The quantitative estimate of drug-likeness (QED) is 0.740. The van der Waals surface area contributed by atoms with Gasteiger partial charge in [-0.25, -0.2) is 4.98 Å². The Morgan fingerprint density at radius 2 is 2.00 bits per heavy atom. The summed E-state index contributed by atoms with van der Waals surface area (Å²) < 4.78 is 3.30. The third-order valence-electron chi connectivity index (χ3n) is 3.02. The van der Waals surface area contributed by atoms with Crippen molar-refractivity contribution in [2.75, 3.05) is 0 Å². The Labute approximate surface area is 87.5 Å². The normalized spacial score (nSPS) is 18.4. The van der Waals surface area contributed by atoms with Crippen molar-refractivity contribution in [1.29, 1.82) is 0 Å². The number of aryl methyl sites for hydroxylation is 1. The Morgan fingerprint density at radius 3 is 2.46 bits per heavy atom. The second-order valence-electron chi connectivity index (χ2n) is 3.88. The molecule has 1 saturated carbocycles. The minimum absolute atomic E-state index is 0.703. The largest absolute Gasteiger partial charge is 0.326 e. The lowest BCUT2D eigenvalue weighted by molar-refractivity contribution is 0.695. The molecule has 1 aromatic rings. The van der Waals surface area contributed by atoms with Gasteiger partial charge in [-0.15, -0.1) is 0 Å². The minimum atomic E-state index is 0.703. The highest BCUT2D eigenvalue weighted by Crippen LogP contribution is 2.37. The van der Waals surface area contributed by atoms with E-state index in [1.54, 1.807) is 0 Å². The number of aromatic nitrogens is 2. The molecule has 2 nitrogen and oxygen atoms in total. The van der Waals surface area contributed by atoms with Crippen molar-refractivity contribution in [3.8, 4) is 0 Å². The Kier molecular flexibility index (Phi) is 2.45. The lowest BCUT2D eigenvalue weighted by atomic mass is 10.1. The molecule has 0 atom stereocenters. The monoisotopic (exact) mass is 242 g/mol. The van der Waals surface area contributed by atoms with Crippen molar-refractivity contribution in [3.63, 3.8) is 0 Å². The molecule has 13 heavy (non-hydrogen) atoms. The van der Waals surface area contributed by atoms with E-state index in [-0.39, 0.29) is 0 Å². The highest BCUT2D eigenvalue weighted by molar-refractivity contribution is 9.10. The molecule has 1 fully saturated rings. The van der Waals surface area contributed by atoms with E-state index in [1.807, 2.05) is 0 Å². The lowest BCUT2D eigenvalue weighted by Crippen LogP contribution is -1.94. The van der Waals surface area contributed by atoms with Gasteiger partial charge in [0.05, 0.1) is 5.69 Å². The van der Waals surface area contributed by atoms with Crippen LogP contribution in [0.25, 0.3) is 0 Å². The maximum Gasteiger partial charge on any atom is 0.108 e. The molecule has 1 heterocycles. The molecule has 2 rings (SSSR count). The van der Waals surface area contributed by atoms with Crippen molar-refractivity contribution in [2.45, 2.75) is 38.5 Å². The summed E-state index contributed by atoms with van der Waals surface area (Å²) in [5.74, 6) is 1.81. The van der Waals surface area contributed by atoms with Crippen LogP contribution in [0.5, 0.6) is 0 Å². The predicted octanol–water partition coefficient (Wildman–Crippen LogP) is 3.15. The van der Waals surface area contributed by atoms with Gasteiger partial charge in [0.2, 0.25) is 0 Å². The molecule has 0 spiro atoms. The number of halogens is 1. The summed E-state index contributed by atoms with van der Waals surface area (Å²) in [4.78, 5) is 4.61. The average Bonchev–Trinajstić information content (AvgIpc) is 2.70. The first-order valence-electron chi connectivity index (χ1n) is 4.89. The van der Waals surface area contributed by atoms with Gasteiger partial charge in [0.25, 0.3) is 0 Å². The highest BCUT2D eigenvalue weighted by atomic mass is 79.9. The average molecular weight is 243 g/mol. The van der Waals surface area contributed by atoms with E-state index in [0.717, 1.165) is 5.82 Å². The zero-order chi connectivity index (χ0) is 9.42. The van der Waals surface area contributed by atoms with Crippen LogP contribution >= 0.6 is 15.9 Å². The maximum absolute atomic E-state index is 4.61. The van der Waals surface area contributed by atoms with Gasteiger partial charge in [0, 0.05) is 13.0 Å². The number of nitrogens with zero attached hydrogens (tertiary/aromatic N) is 2. The van der Waals surface area contributed by atoms with Crippen molar-refractivity contribution in [1.82, 2.24) is 9.55 Å². The summed E-state index contributed by atoms with van der Waals surface area (Å²) >= 11 is 3.61. The smallest absolute Gasteiger partial charge is 0.108 e. The second kappa shape index (κ2) is 3.45. The molecule has 0 bridgehead atoms. The Hall–Kier alpha value is -0.310. The zero-order valence-electron chi connectivity index (χ0n) is 8.18. The van der Waals surface area contributed by atoms with Crippen LogP contribution in [0.2, 0.25) is 0 Å². The molecule has 0 saturated heterocycles. The SMILES string of the molecule is Cc1nc(C2CCCC2)c(Br)n1C. The topological polar surface area (TPSA) is 17.8 Å². The summed E-state index contributed by atoms with van der Waals surface area (Å²) in [5, 5.41) is 0. The molecule has 1 aliphatic carbocycles. The summed E-state index contributed by atoms with van der Waals surface area (Å²) in [5.41, 5.74) is 1.28. The van der Waals surface area contributed by atoms with Crippen molar-refractivity contribution < 1.29 is 0 Å². The molecular weight excluding hydrogens is 228 g/mol. The lowest BCUT2D eigenvalue weighted by Gasteiger charge is -2.05. The van der Waals surface area contributed by atoms with Crippen LogP contribution in [-0.2, 0) is 7.05 Å². The Morgan fingerprint density at radius 1 is 1.38 bits per heavy atom. The fourth-order valence-corrected chi connectivity index (χ4v) is 2.74. The number of hydrogen-bond acceptors (Lipinski definition) is 1. The summed E-state index contributed by atoms with van der Waals surface area (Å²) in [6, 6.07) is 0. The number of rotatable bonds is 1. The predicted molar refractivity (Wildman–Crippen MR) is 56.9 cm³/mol. The second-order valence-corrected chi connectivity index (χ2v) is 4.63. The third kappa shape index (κ3) is 1.54. The fraction of sp³-hybridized carbons (Fsp3) is 0.700. The van der Waals surface area contributed by atoms with Gasteiger partial charge in [-0.2, -0.15) is 0 Å². The minimum Gasteiger partial charge on any atom is -0.326 e. The molecular formula is C10H15BrN2. The molecule has 0 radical (unpaired) electrons. The van der Waals surface area contributed by atoms with Gasteiger partial charge in [0.1, 0.15) is 10.4 Å². The highest BCUT2D eigenvalue weighted by Gasteiger charge is 2.23. The van der Waals surface area contributed by atoms with Gasteiger partial charge < -0.3 is 4.57 Å². The van der Waals surface area contributed by atoms with E-state index < -0.39 is 0 Å². The van der Waals surface area contributed by atoms with E-state index in [2.05, 4.69) is 39.5 Å². The number of imidazole rings is 1. The van der Waals surface area contributed by atoms with E-state index in [9.17, 15) is 0 Å². The van der Waals surface area contributed by atoms with Crippen LogP contribution in [0.1, 0.15) is 43.1 Å². The van der Waals surface area contributed by atoms with Crippen LogP contribution in [0.4, 0.5) is 0 Å². The Balaban J connectivity index is 2.34. The number of hydrogen-bond donors (Lipinski definition) is 0. The van der Waals surface area contributed by atoms with Crippen molar-refractivity contribution in [2.24, 2.45) is 7.05 Å². The van der Waals surface area contributed by atoms with Gasteiger partial charge >= 0.3 is 0 Å². The van der Waals surface area contributed by atoms with Crippen LogP contribution in [0.3, 0.4) is 0 Å². The first-order chi connectivity index (χ1) is 6.20. The zero-order valence-corrected chi connectivity index (χ0v) is 9.76. The van der Waals surface area contributed by atoms with Gasteiger partial charge in [0.15, 0.2) is 0 Å². The first kappa shape index (κ1) is 9.25. The van der Waals surface area contributed by atoms with E-state index in [1.165, 1.54) is 36.0 Å². The van der Waals surface area contributed by atoms with Crippen LogP contribution < -0.4 is 0 Å². The van der Waals surface area contributed by atoms with Gasteiger partial charge in [-0.3, -0.25) is 0 Å². The van der Waals surface area contributed by atoms with Crippen molar-refractivity contribution >= 4 is 15.9 Å².